The zero-order valence-corrected chi connectivity index (χ0v) is 15.5. The number of alkyl halides is 3. The Morgan fingerprint density at radius 3 is 2.54 bits per heavy atom. The van der Waals surface area contributed by atoms with Crippen LogP contribution < -0.4 is 0 Å². The molecular weight excluding hydrogens is 361 g/mol. The Hall–Kier alpha value is -2.12. The highest BCUT2D eigenvalue weighted by Crippen LogP contribution is 2.29. The van der Waals surface area contributed by atoms with Crippen LogP contribution in [0.25, 0.3) is 6.08 Å². The Bertz CT molecular complexity index is 739. The molecule has 0 unspecified atom stereocenters. The molecule has 26 heavy (non-hydrogen) atoms. The zero-order valence-electron chi connectivity index (χ0n) is 14.7. The van der Waals surface area contributed by atoms with Crippen molar-refractivity contribution in [2.75, 3.05) is 27.2 Å². The lowest BCUT2D eigenvalue weighted by molar-refractivity contribution is -0.137. The minimum atomic E-state index is -4.40. The summed E-state index contributed by atoms with van der Waals surface area (Å²) < 4.78 is 38.7. The Morgan fingerprint density at radius 2 is 1.92 bits per heavy atom. The van der Waals surface area contributed by atoms with E-state index < -0.39 is 11.7 Å². The van der Waals surface area contributed by atoms with Gasteiger partial charge in [0.05, 0.1) is 5.56 Å². The van der Waals surface area contributed by atoms with E-state index in [1.54, 1.807) is 17.0 Å². The summed E-state index contributed by atoms with van der Waals surface area (Å²) in [6.45, 7) is 1.18. The number of benzene rings is 1. The number of hydrogen-bond donors (Lipinski definition) is 0. The van der Waals surface area contributed by atoms with E-state index in [1.165, 1.54) is 23.5 Å². The van der Waals surface area contributed by atoms with Crippen LogP contribution in [0.5, 0.6) is 0 Å². The van der Waals surface area contributed by atoms with E-state index in [1.807, 2.05) is 36.5 Å². The SMILES string of the molecule is CN(C)CCN(Cc1cccc(C(F)(F)F)c1)C(=O)/C=C/c1cccs1. The molecule has 0 fully saturated rings. The van der Waals surface area contributed by atoms with Crippen molar-refractivity contribution < 1.29 is 18.0 Å². The number of halogens is 3. The van der Waals surface area contributed by atoms with Crippen molar-refractivity contribution in [3.8, 4) is 0 Å². The van der Waals surface area contributed by atoms with Gasteiger partial charge in [0.25, 0.3) is 0 Å². The van der Waals surface area contributed by atoms with Gasteiger partial charge < -0.3 is 9.80 Å². The number of carbonyl (C=O) groups is 1. The molecule has 2 rings (SSSR count). The smallest absolute Gasteiger partial charge is 0.334 e. The van der Waals surface area contributed by atoms with Gasteiger partial charge in [0.2, 0.25) is 5.91 Å². The molecule has 1 aromatic carbocycles. The van der Waals surface area contributed by atoms with E-state index >= 15 is 0 Å². The average molecular weight is 382 g/mol. The summed E-state index contributed by atoms with van der Waals surface area (Å²) in [7, 11) is 3.77. The van der Waals surface area contributed by atoms with E-state index in [-0.39, 0.29) is 12.5 Å². The highest BCUT2D eigenvalue weighted by Gasteiger charge is 2.30. The third-order valence-corrected chi connectivity index (χ3v) is 4.53. The first-order valence-electron chi connectivity index (χ1n) is 8.07. The van der Waals surface area contributed by atoms with Crippen molar-refractivity contribution in [1.82, 2.24) is 9.80 Å². The molecule has 0 atom stereocenters. The molecule has 7 heteroatoms. The van der Waals surface area contributed by atoms with E-state index in [4.69, 9.17) is 0 Å². The molecule has 0 aliphatic carbocycles. The molecule has 1 aromatic heterocycles. The number of thiophene rings is 1. The molecular formula is C19H21F3N2OS. The molecule has 0 radical (unpaired) electrons. The Kier molecular flexibility index (Phi) is 6.99. The van der Waals surface area contributed by atoms with Gasteiger partial charge >= 0.3 is 6.18 Å². The van der Waals surface area contributed by atoms with E-state index in [0.717, 1.165) is 17.0 Å². The largest absolute Gasteiger partial charge is 0.416 e. The minimum Gasteiger partial charge on any atom is -0.334 e. The first kappa shape index (κ1) is 20.2. The van der Waals surface area contributed by atoms with Crippen molar-refractivity contribution in [3.63, 3.8) is 0 Å². The quantitative estimate of drug-likeness (QED) is 0.664. The predicted octanol–water partition coefficient (Wildman–Crippen LogP) is 4.37. The summed E-state index contributed by atoms with van der Waals surface area (Å²) >= 11 is 1.51. The van der Waals surface area contributed by atoms with Crippen molar-refractivity contribution in [2.24, 2.45) is 0 Å². The number of rotatable bonds is 7. The van der Waals surface area contributed by atoms with Crippen LogP contribution in [0.3, 0.4) is 0 Å². The molecule has 0 spiro atoms. The maximum atomic E-state index is 12.9. The summed E-state index contributed by atoms with van der Waals surface area (Å²) in [6.07, 6.45) is -1.20. The van der Waals surface area contributed by atoms with Gasteiger partial charge in [-0.3, -0.25) is 4.79 Å². The minimum absolute atomic E-state index is 0.130. The molecule has 140 valence electrons. The highest BCUT2D eigenvalue weighted by molar-refractivity contribution is 7.10. The number of hydrogen-bond acceptors (Lipinski definition) is 3. The van der Waals surface area contributed by atoms with Crippen molar-refractivity contribution >= 4 is 23.3 Å². The Labute approximate surface area is 155 Å². The standard InChI is InChI=1S/C19H21F3N2OS/c1-23(2)10-11-24(18(25)9-8-17-7-4-12-26-17)14-15-5-3-6-16(13-15)19(20,21)22/h3-9,12-13H,10-11,14H2,1-2H3/b9-8+. The second-order valence-electron chi connectivity index (χ2n) is 6.11. The molecule has 1 amide bonds. The topological polar surface area (TPSA) is 23.6 Å². The normalized spacial score (nSPS) is 12.1. The van der Waals surface area contributed by atoms with Gasteiger partial charge in [0.15, 0.2) is 0 Å². The number of likely N-dealkylation sites (N-methyl/N-ethyl adjacent to an activating group) is 1. The van der Waals surface area contributed by atoms with E-state index in [0.29, 0.717) is 18.7 Å². The van der Waals surface area contributed by atoms with Crippen LogP contribution in [-0.2, 0) is 17.5 Å². The van der Waals surface area contributed by atoms with Crippen molar-refractivity contribution in [2.45, 2.75) is 12.7 Å². The van der Waals surface area contributed by atoms with Crippen LogP contribution >= 0.6 is 11.3 Å². The van der Waals surface area contributed by atoms with Gasteiger partial charge in [-0.2, -0.15) is 13.2 Å². The molecule has 0 saturated heterocycles. The summed E-state index contributed by atoms with van der Waals surface area (Å²) in [5, 5.41) is 1.91. The van der Waals surface area contributed by atoms with Crippen molar-refractivity contribution in [1.29, 1.82) is 0 Å². The van der Waals surface area contributed by atoms with E-state index in [9.17, 15) is 18.0 Å². The summed E-state index contributed by atoms with van der Waals surface area (Å²) in [5.41, 5.74) is -0.249. The van der Waals surface area contributed by atoms with Gasteiger partial charge in [-0.1, -0.05) is 18.2 Å². The fourth-order valence-electron chi connectivity index (χ4n) is 2.30. The molecule has 0 aliphatic rings. The van der Waals surface area contributed by atoms with Gasteiger partial charge in [-0.15, -0.1) is 11.3 Å². The van der Waals surface area contributed by atoms with Crippen LogP contribution in [0, 0.1) is 0 Å². The van der Waals surface area contributed by atoms with Gasteiger partial charge in [-0.05, 0) is 49.3 Å². The first-order chi connectivity index (χ1) is 12.3. The van der Waals surface area contributed by atoms with Crippen LogP contribution in [-0.4, -0.2) is 42.9 Å². The van der Waals surface area contributed by atoms with Crippen LogP contribution in [0.1, 0.15) is 16.0 Å². The zero-order chi connectivity index (χ0) is 19.2. The van der Waals surface area contributed by atoms with Crippen LogP contribution in [0.15, 0.2) is 47.9 Å². The number of amides is 1. The fourth-order valence-corrected chi connectivity index (χ4v) is 2.92. The monoisotopic (exact) mass is 382 g/mol. The number of nitrogens with zero attached hydrogens (tertiary/aromatic N) is 2. The predicted molar refractivity (Wildman–Crippen MR) is 98.8 cm³/mol. The second kappa shape index (κ2) is 9.00. The maximum Gasteiger partial charge on any atom is 0.416 e. The lowest BCUT2D eigenvalue weighted by Crippen LogP contribution is -2.35. The first-order valence-corrected chi connectivity index (χ1v) is 8.95. The second-order valence-corrected chi connectivity index (χ2v) is 7.09. The Balaban J connectivity index is 2.15. The number of carbonyl (C=O) groups excluding carboxylic acids is 1. The molecule has 0 N–H and O–H groups in total. The molecule has 0 saturated carbocycles. The lowest BCUT2D eigenvalue weighted by atomic mass is 10.1. The van der Waals surface area contributed by atoms with Crippen LogP contribution in [0.4, 0.5) is 13.2 Å². The third kappa shape index (κ3) is 6.31. The molecule has 1 heterocycles. The molecule has 0 bridgehead atoms. The molecule has 0 aliphatic heterocycles. The summed E-state index contributed by atoms with van der Waals surface area (Å²) in [5.74, 6) is -0.224. The van der Waals surface area contributed by atoms with E-state index in [2.05, 4.69) is 0 Å². The molecule has 2 aromatic rings. The summed E-state index contributed by atoms with van der Waals surface area (Å²) in [4.78, 5) is 17.0. The maximum absolute atomic E-state index is 12.9. The highest BCUT2D eigenvalue weighted by atomic mass is 32.1. The lowest BCUT2D eigenvalue weighted by Gasteiger charge is -2.23. The fraction of sp³-hybridized carbons (Fsp3) is 0.316. The van der Waals surface area contributed by atoms with Crippen molar-refractivity contribution in [3.05, 3.63) is 63.9 Å². The average Bonchev–Trinajstić information content (AvgIpc) is 3.09. The van der Waals surface area contributed by atoms with Gasteiger partial charge in [0, 0.05) is 30.6 Å². The third-order valence-electron chi connectivity index (χ3n) is 3.69. The van der Waals surface area contributed by atoms with Gasteiger partial charge in [0.1, 0.15) is 0 Å². The van der Waals surface area contributed by atoms with Gasteiger partial charge in [-0.25, -0.2) is 0 Å². The van der Waals surface area contributed by atoms with Crippen LogP contribution in [0.2, 0.25) is 0 Å². The summed E-state index contributed by atoms with van der Waals surface area (Å²) in [6, 6.07) is 8.89. The molecule has 3 nitrogen and oxygen atoms in total. The Morgan fingerprint density at radius 1 is 1.15 bits per heavy atom.